The molecule has 1 aromatic rings. The SMILES string of the molecule is Cc1ccc(N2CCCCC2CO)cc1N. The quantitative estimate of drug-likeness (QED) is 0.749. The van der Waals surface area contributed by atoms with Gasteiger partial charge in [-0.1, -0.05) is 6.07 Å². The highest BCUT2D eigenvalue weighted by atomic mass is 16.3. The fourth-order valence-electron chi connectivity index (χ4n) is 2.34. The van der Waals surface area contributed by atoms with Crippen LogP contribution in [0.15, 0.2) is 18.2 Å². The van der Waals surface area contributed by atoms with E-state index in [1.54, 1.807) is 0 Å². The second-order valence-electron chi connectivity index (χ2n) is 4.57. The van der Waals surface area contributed by atoms with Crippen LogP contribution >= 0.6 is 0 Å². The molecule has 3 N–H and O–H groups in total. The molecule has 1 atom stereocenters. The Balaban J connectivity index is 2.23. The van der Waals surface area contributed by atoms with Gasteiger partial charge in [0.1, 0.15) is 0 Å². The summed E-state index contributed by atoms with van der Waals surface area (Å²) in [5, 5.41) is 9.37. The molecule has 0 amide bonds. The molecule has 0 aliphatic carbocycles. The highest BCUT2D eigenvalue weighted by Gasteiger charge is 2.21. The van der Waals surface area contributed by atoms with E-state index in [1.165, 1.54) is 12.8 Å². The van der Waals surface area contributed by atoms with Gasteiger partial charge in [0.2, 0.25) is 0 Å². The van der Waals surface area contributed by atoms with Gasteiger partial charge in [0.05, 0.1) is 12.6 Å². The molecular weight excluding hydrogens is 200 g/mol. The average Bonchev–Trinajstić information content (AvgIpc) is 2.32. The van der Waals surface area contributed by atoms with Gasteiger partial charge in [0.25, 0.3) is 0 Å². The van der Waals surface area contributed by atoms with Crippen molar-refractivity contribution in [3.63, 3.8) is 0 Å². The fraction of sp³-hybridized carbons (Fsp3) is 0.538. The van der Waals surface area contributed by atoms with Gasteiger partial charge in [-0.05, 0) is 43.9 Å². The van der Waals surface area contributed by atoms with E-state index >= 15 is 0 Å². The van der Waals surface area contributed by atoms with E-state index in [9.17, 15) is 5.11 Å². The van der Waals surface area contributed by atoms with Gasteiger partial charge in [0.15, 0.2) is 0 Å². The molecule has 0 saturated carbocycles. The largest absolute Gasteiger partial charge is 0.398 e. The number of piperidine rings is 1. The summed E-state index contributed by atoms with van der Waals surface area (Å²) in [7, 11) is 0. The first-order valence-electron chi connectivity index (χ1n) is 5.96. The monoisotopic (exact) mass is 220 g/mol. The van der Waals surface area contributed by atoms with Crippen molar-refractivity contribution in [2.75, 3.05) is 23.8 Å². The summed E-state index contributed by atoms with van der Waals surface area (Å²) in [4.78, 5) is 2.28. The van der Waals surface area contributed by atoms with E-state index in [0.29, 0.717) is 0 Å². The minimum atomic E-state index is 0.230. The molecule has 0 radical (unpaired) electrons. The van der Waals surface area contributed by atoms with Gasteiger partial charge in [-0.3, -0.25) is 0 Å². The Morgan fingerprint density at radius 2 is 2.25 bits per heavy atom. The maximum Gasteiger partial charge on any atom is 0.0635 e. The molecule has 1 saturated heterocycles. The zero-order valence-electron chi connectivity index (χ0n) is 9.82. The molecule has 1 aliphatic heterocycles. The van der Waals surface area contributed by atoms with Crippen molar-refractivity contribution in [3.8, 4) is 0 Å². The lowest BCUT2D eigenvalue weighted by molar-refractivity contribution is 0.240. The molecule has 3 heteroatoms. The zero-order chi connectivity index (χ0) is 11.5. The van der Waals surface area contributed by atoms with Gasteiger partial charge in [-0.15, -0.1) is 0 Å². The standard InChI is InChI=1S/C13H20N2O/c1-10-5-6-11(8-13(10)14)15-7-3-2-4-12(15)9-16/h5-6,8,12,16H,2-4,7,9,14H2,1H3. The zero-order valence-corrected chi connectivity index (χ0v) is 9.82. The van der Waals surface area contributed by atoms with Crippen molar-refractivity contribution in [1.82, 2.24) is 0 Å². The summed E-state index contributed by atoms with van der Waals surface area (Å²) in [6.07, 6.45) is 3.48. The lowest BCUT2D eigenvalue weighted by atomic mass is 10.0. The summed E-state index contributed by atoms with van der Waals surface area (Å²) in [6.45, 7) is 3.26. The number of aliphatic hydroxyl groups excluding tert-OH is 1. The van der Waals surface area contributed by atoms with Crippen molar-refractivity contribution in [3.05, 3.63) is 23.8 Å². The number of nitrogen functional groups attached to an aromatic ring is 1. The van der Waals surface area contributed by atoms with Crippen LogP contribution in [-0.4, -0.2) is 24.3 Å². The van der Waals surface area contributed by atoms with Crippen LogP contribution < -0.4 is 10.6 Å². The summed E-state index contributed by atoms with van der Waals surface area (Å²) in [6, 6.07) is 6.42. The molecule has 3 nitrogen and oxygen atoms in total. The number of hydrogen-bond acceptors (Lipinski definition) is 3. The number of rotatable bonds is 2. The predicted octanol–water partition coefficient (Wildman–Crippen LogP) is 1.93. The van der Waals surface area contributed by atoms with E-state index in [1.807, 2.05) is 19.1 Å². The number of aryl methyl sites for hydroxylation is 1. The maximum atomic E-state index is 9.37. The summed E-state index contributed by atoms with van der Waals surface area (Å²) < 4.78 is 0. The third-order valence-electron chi connectivity index (χ3n) is 3.43. The molecule has 1 heterocycles. The first-order valence-corrected chi connectivity index (χ1v) is 5.96. The van der Waals surface area contributed by atoms with Gasteiger partial charge < -0.3 is 15.7 Å². The number of nitrogens with zero attached hydrogens (tertiary/aromatic N) is 1. The van der Waals surface area contributed by atoms with Crippen LogP contribution in [0.2, 0.25) is 0 Å². The number of benzene rings is 1. The maximum absolute atomic E-state index is 9.37. The average molecular weight is 220 g/mol. The second kappa shape index (κ2) is 4.74. The fourth-order valence-corrected chi connectivity index (χ4v) is 2.34. The van der Waals surface area contributed by atoms with Crippen LogP contribution in [0.3, 0.4) is 0 Å². The highest BCUT2D eigenvalue weighted by molar-refractivity contribution is 5.60. The van der Waals surface area contributed by atoms with Crippen molar-refractivity contribution in [2.24, 2.45) is 0 Å². The molecule has 1 aliphatic rings. The van der Waals surface area contributed by atoms with E-state index in [4.69, 9.17) is 5.73 Å². The minimum Gasteiger partial charge on any atom is -0.398 e. The molecule has 1 fully saturated rings. The second-order valence-corrected chi connectivity index (χ2v) is 4.57. The summed E-state index contributed by atoms with van der Waals surface area (Å²) >= 11 is 0. The van der Waals surface area contributed by atoms with Crippen LogP contribution in [-0.2, 0) is 0 Å². The van der Waals surface area contributed by atoms with E-state index in [0.717, 1.165) is 29.9 Å². The highest BCUT2D eigenvalue weighted by Crippen LogP contribution is 2.27. The normalized spacial score (nSPS) is 21.1. The lowest BCUT2D eigenvalue weighted by Gasteiger charge is -2.36. The van der Waals surface area contributed by atoms with E-state index in [2.05, 4.69) is 11.0 Å². The first-order chi connectivity index (χ1) is 7.72. The van der Waals surface area contributed by atoms with Gasteiger partial charge in [0, 0.05) is 17.9 Å². The molecule has 2 rings (SSSR count). The minimum absolute atomic E-state index is 0.230. The van der Waals surface area contributed by atoms with Crippen molar-refractivity contribution in [2.45, 2.75) is 32.2 Å². The van der Waals surface area contributed by atoms with Crippen LogP contribution in [0.1, 0.15) is 24.8 Å². The van der Waals surface area contributed by atoms with Crippen LogP contribution in [0.25, 0.3) is 0 Å². The smallest absolute Gasteiger partial charge is 0.0635 e. The molecule has 0 spiro atoms. The predicted molar refractivity (Wildman–Crippen MR) is 67.7 cm³/mol. The van der Waals surface area contributed by atoms with Crippen molar-refractivity contribution < 1.29 is 5.11 Å². The summed E-state index contributed by atoms with van der Waals surface area (Å²) in [5.74, 6) is 0. The van der Waals surface area contributed by atoms with Crippen LogP contribution in [0, 0.1) is 6.92 Å². The first kappa shape index (κ1) is 11.3. The lowest BCUT2D eigenvalue weighted by Crippen LogP contribution is -2.41. The van der Waals surface area contributed by atoms with E-state index < -0.39 is 0 Å². The third kappa shape index (κ3) is 2.14. The van der Waals surface area contributed by atoms with Gasteiger partial charge in [-0.2, -0.15) is 0 Å². The van der Waals surface area contributed by atoms with Crippen molar-refractivity contribution >= 4 is 11.4 Å². The molecule has 88 valence electrons. The number of aliphatic hydroxyl groups is 1. The molecular formula is C13H20N2O. The Morgan fingerprint density at radius 3 is 2.94 bits per heavy atom. The molecule has 1 aromatic carbocycles. The third-order valence-corrected chi connectivity index (χ3v) is 3.43. The number of nitrogens with two attached hydrogens (primary N) is 1. The Morgan fingerprint density at radius 1 is 1.44 bits per heavy atom. The Kier molecular flexibility index (Phi) is 3.34. The van der Waals surface area contributed by atoms with Gasteiger partial charge in [-0.25, -0.2) is 0 Å². The topological polar surface area (TPSA) is 49.5 Å². The van der Waals surface area contributed by atoms with Crippen molar-refractivity contribution in [1.29, 1.82) is 0 Å². The van der Waals surface area contributed by atoms with Crippen LogP contribution in [0.4, 0.5) is 11.4 Å². The number of anilines is 2. The van der Waals surface area contributed by atoms with Crippen LogP contribution in [0.5, 0.6) is 0 Å². The van der Waals surface area contributed by atoms with E-state index in [-0.39, 0.29) is 12.6 Å². The molecule has 0 aromatic heterocycles. The summed E-state index contributed by atoms with van der Waals surface area (Å²) in [5.41, 5.74) is 9.01. The number of hydrogen-bond donors (Lipinski definition) is 2. The Bertz CT molecular complexity index is 365. The Hall–Kier alpha value is -1.22. The Labute approximate surface area is 96.9 Å². The molecule has 16 heavy (non-hydrogen) atoms. The molecule has 0 bridgehead atoms. The molecule has 1 unspecified atom stereocenters. The van der Waals surface area contributed by atoms with Gasteiger partial charge >= 0.3 is 0 Å².